The number of aliphatic hydroxyl groups is 3. The number of ether oxygens (including phenoxy) is 1. The van der Waals surface area contributed by atoms with E-state index in [0.717, 1.165) is 62.7 Å². The Balaban J connectivity index is 0.000000240. The van der Waals surface area contributed by atoms with Gasteiger partial charge in [-0.15, -0.1) is 0 Å². The number of carbonyl (C=O) groups is 10. The quantitative estimate of drug-likeness (QED) is 0.0376. The number of carboxylic acids is 1. The number of anilines is 3. The highest BCUT2D eigenvalue weighted by atomic mass is 16.5. The average molecular weight is 1430 g/mol. The molecule has 0 radical (unpaired) electrons. The van der Waals surface area contributed by atoms with Crippen molar-refractivity contribution in [1.29, 1.82) is 0 Å². The van der Waals surface area contributed by atoms with E-state index in [1.807, 2.05) is 85.0 Å². The highest BCUT2D eigenvalue weighted by molar-refractivity contribution is 6.40. The second-order valence-corrected chi connectivity index (χ2v) is 24.6. The van der Waals surface area contributed by atoms with E-state index in [1.54, 1.807) is 0 Å². The first-order valence-electron chi connectivity index (χ1n) is 33.4. The van der Waals surface area contributed by atoms with E-state index in [9.17, 15) is 58.2 Å². The van der Waals surface area contributed by atoms with Crippen LogP contribution in [-0.4, -0.2) is 157 Å². The molecule has 0 aliphatic carbocycles. The third-order valence-corrected chi connectivity index (χ3v) is 17.4. The van der Waals surface area contributed by atoms with Crippen LogP contribution < -0.4 is 43.8 Å². The minimum atomic E-state index is -1.63. The minimum absolute atomic E-state index is 0. The number of rotatable bonds is 15. The molecule has 554 valence electrons. The summed E-state index contributed by atoms with van der Waals surface area (Å²) in [7, 11) is 0. The highest BCUT2D eigenvalue weighted by Crippen LogP contribution is 2.36. The van der Waals surface area contributed by atoms with Crippen LogP contribution in [0.25, 0.3) is 0 Å². The van der Waals surface area contributed by atoms with Crippen LogP contribution in [-0.2, 0) is 38.3 Å². The van der Waals surface area contributed by atoms with E-state index in [-0.39, 0.29) is 97.6 Å². The third kappa shape index (κ3) is 25.4. The van der Waals surface area contributed by atoms with Crippen LogP contribution in [0.2, 0.25) is 0 Å². The van der Waals surface area contributed by atoms with Gasteiger partial charge in [0.15, 0.2) is 0 Å². The molecule has 7 heterocycles. The summed E-state index contributed by atoms with van der Waals surface area (Å²) in [6, 6.07) is 44.2. The highest BCUT2D eigenvalue weighted by Gasteiger charge is 2.37. The van der Waals surface area contributed by atoms with E-state index in [0.29, 0.717) is 57.1 Å². The van der Waals surface area contributed by atoms with E-state index < -0.39 is 53.2 Å². The zero-order valence-corrected chi connectivity index (χ0v) is 56.4. The maximum atomic E-state index is 12.9. The summed E-state index contributed by atoms with van der Waals surface area (Å²) < 4.78 is 5.04. The summed E-state index contributed by atoms with van der Waals surface area (Å²) in [5.41, 5.74) is 20.8. The Morgan fingerprint density at radius 1 is 0.452 bits per heavy atom. The van der Waals surface area contributed by atoms with Gasteiger partial charge >= 0.3 is 41.5 Å². The van der Waals surface area contributed by atoms with Crippen LogP contribution in [0.3, 0.4) is 0 Å². The number of nitrogens with one attached hydrogen (secondary N) is 5. The number of hydrogen-bond acceptors (Lipinski definition) is 19. The van der Waals surface area contributed by atoms with E-state index in [1.165, 1.54) is 76.3 Å². The zero-order chi connectivity index (χ0) is 73.5. The SMILES string of the molecule is C.C.CCOC(=O)C1CCC(c2ccccc2)NC1.NC(=O)c1cncc(NC(=O)C(=O)N2C[C@@H](CO)CC[C@@H]2c2ccccc2)c1.NC(=O)c1cncc(NC(=O)C(=O)N2C[C@@H](CO)CC[C@H]2c2ccccc2)c1.NC(=O)c1cncc(NC(=O)C(=O)O)c1.OCC1CCC(c2ccccc2)NC1. The van der Waals surface area contributed by atoms with Crippen molar-refractivity contribution in [3.63, 3.8) is 0 Å². The summed E-state index contributed by atoms with van der Waals surface area (Å²) in [5, 5.41) is 50.2. The Morgan fingerprint density at radius 2 is 0.788 bits per heavy atom. The molecule has 4 saturated heterocycles. The first-order valence-corrected chi connectivity index (χ1v) is 33.4. The topological polar surface area (TPSA) is 444 Å². The van der Waals surface area contributed by atoms with E-state index in [2.05, 4.69) is 84.8 Å². The first kappa shape index (κ1) is 83.5. The number of piperidine rings is 4. The molecule has 28 heteroatoms. The Kier molecular flexibility index (Phi) is 34.5. The predicted molar refractivity (Wildman–Crippen MR) is 390 cm³/mol. The summed E-state index contributed by atoms with van der Waals surface area (Å²) in [5.74, 6) is -7.70. The smallest absolute Gasteiger partial charge is 0.394 e. The number of nitrogens with zero attached hydrogens (tertiary/aromatic N) is 5. The molecule has 0 bridgehead atoms. The molecule has 4 unspecified atom stereocenters. The first-order chi connectivity index (χ1) is 49.2. The van der Waals surface area contributed by atoms with Gasteiger partial charge in [0, 0.05) is 76.7 Å². The molecule has 4 fully saturated rings. The monoisotopic (exact) mass is 1430 g/mol. The molecule has 15 N–H and O–H groups in total. The molecule has 104 heavy (non-hydrogen) atoms. The molecule has 4 aliphatic rings. The van der Waals surface area contributed by atoms with Gasteiger partial charge in [-0.05, 0) is 116 Å². The van der Waals surface area contributed by atoms with Crippen molar-refractivity contribution in [3.8, 4) is 0 Å². The summed E-state index contributed by atoms with van der Waals surface area (Å²) in [6.07, 6.45) is 14.7. The van der Waals surface area contributed by atoms with Crippen LogP contribution in [0.5, 0.6) is 0 Å². The normalized spacial score (nSPS) is 19.3. The van der Waals surface area contributed by atoms with Crippen molar-refractivity contribution in [2.24, 2.45) is 40.9 Å². The Morgan fingerprint density at radius 3 is 1.10 bits per heavy atom. The summed E-state index contributed by atoms with van der Waals surface area (Å²) >= 11 is 0. The fourth-order valence-corrected chi connectivity index (χ4v) is 12.0. The molecule has 8 atom stereocenters. The molecule has 4 aromatic carbocycles. The van der Waals surface area contributed by atoms with Crippen LogP contribution in [0.15, 0.2) is 177 Å². The lowest BCUT2D eigenvalue weighted by molar-refractivity contribution is -0.148. The number of benzene rings is 4. The number of aliphatic carboxylic acids is 1. The Labute approximate surface area is 604 Å². The largest absolute Gasteiger partial charge is 0.474 e. The van der Waals surface area contributed by atoms with Gasteiger partial charge in [0.1, 0.15) is 0 Å². The molecular weight excluding hydrogens is 1330 g/mol. The summed E-state index contributed by atoms with van der Waals surface area (Å²) in [4.78, 5) is 131. The van der Waals surface area contributed by atoms with Gasteiger partial charge in [0.2, 0.25) is 17.7 Å². The zero-order valence-electron chi connectivity index (χ0n) is 56.4. The number of hydrogen-bond donors (Lipinski definition) is 12. The van der Waals surface area contributed by atoms with Gasteiger partial charge in [0.05, 0.1) is 77.0 Å². The van der Waals surface area contributed by atoms with Crippen LogP contribution in [0, 0.1) is 23.7 Å². The molecule has 4 aliphatic heterocycles. The lowest BCUT2D eigenvalue weighted by Crippen LogP contribution is -2.47. The van der Waals surface area contributed by atoms with Gasteiger partial charge in [-0.25, -0.2) is 4.79 Å². The predicted octanol–water partition coefficient (Wildman–Crippen LogP) is 6.67. The molecular formula is C76H95N13O15. The van der Waals surface area contributed by atoms with Gasteiger partial charge in [0.25, 0.3) is 0 Å². The van der Waals surface area contributed by atoms with Crippen molar-refractivity contribution in [3.05, 3.63) is 216 Å². The number of pyridine rings is 3. The molecule has 3 aromatic heterocycles. The Hall–Kier alpha value is -11.2. The van der Waals surface area contributed by atoms with Gasteiger partial charge in [-0.3, -0.25) is 58.1 Å². The van der Waals surface area contributed by atoms with Crippen molar-refractivity contribution < 1.29 is 73.1 Å². The van der Waals surface area contributed by atoms with Crippen molar-refractivity contribution in [2.45, 2.75) is 97.3 Å². The number of amides is 8. The van der Waals surface area contributed by atoms with Crippen molar-refractivity contribution >= 4 is 76.3 Å². The molecule has 0 spiro atoms. The van der Waals surface area contributed by atoms with Crippen LogP contribution >= 0.6 is 0 Å². The lowest BCUT2D eigenvalue weighted by Gasteiger charge is -2.39. The van der Waals surface area contributed by atoms with Gasteiger partial charge in [-0.1, -0.05) is 136 Å². The minimum Gasteiger partial charge on any atom is -0.474 e. The van der Waals surface area contributed by atoms with Crippen LogP contribution in [0.4, 0.5) is 17.1 Å². The number of nitrogens with two attached hydrogens (primary N) is 3. The molecule has 11 rings (SSSR count). The van der Waals surface area contributed by atoms with Crippen LogP contribution in [0.1, 0.15) is 151 Å². The standard InChI is InChI=1S/2C20H22N4O4.C14H19NO2.C12H17NO.C8H7N3O4.2CH4/c2*21-18(26)15-8-16(10-22-9-15)23-19(27)20(28)24-11-13(12-25)6-7-17(24)14-4-2-1-3-5-14;1-2-17-14(16)12-8-9-13(15-10-12)11-6-4-3-5-7-11;14-9-10-6-7-12(13-8-10)11-4-2-1-3-5-11;9-6(12)4-1-5(3-10-2-4)11-7(13)8(14)15;;/h2*1-5,8-10,13,17,25H,6-7,11-12H2,(H2,21,26)(H,23,27);3-7,12-13,15H,2,8-10H2,1H3;1-5,10,12-14H,6-9H2;1-3H,(H2,9,12)(H,11,13)(H,14,15);2*1H4/t13-,17+;13-,17-;;;;;/m00...../s1. The molecule has 7 aromatic rings. The fraction of sp³-hybridized carbons (Fsp3) is 0.355. The molecule has 8 amide bonds. The number of aliphatic hydroxyl groups excluding tert-OH is 3. The lowest BCUT2D eigenvalue weighted by atomic mass is 9.89. The molecule has 28 nitrogen and oxygen atoms in total. The van der Waals surface area contributed by atoms with E-state index in [4.69, 9.17) is 32.2 Å². The van der Waals surface area contributed by atoms with Gasteiger partial charge < -0.3 is 78.7 Å². The summed E-state index contributed by atoms with van der Waals surface area (Å²) in [6.45, 7) is 4.79. The number of aromatic nitrogens is 3. The number of likely N-dealkylation sites (tertiary alicyclic amines) is 2. The van der Waals surface area contributed by atoms with Crippen molar-refractivity contribution in [1.82, 2.24) is 35.4 Å². The number of carboxylic acid groups (broad SMARTS) is 1. The average Bonchev–Trinajstić information content (AvgIpc) is 0.810. The second-order valence-electron chi connectivity index (χ2n) is 24.6. The number of primary amides is 3. The third-order valence-electron chi connectivity index (χ3n) is 17.4. The number of esters is 1. The fourth-order valence-electron chi connectivity index (χ4n) is 12.0. The Bertz CT molecular complexity index is 3780. The molecule has 0 saturated carbocycles. The second kappa shape index (κ2) is 42.9. The van der Waals surface area contributed by atoms with E-state index >= 15 is 0 Å². The van der Waals surface area contributed by atoms with Crippen molar-refractivity contribution in [2.75, 3.05) is 68.6 Å². The van der Waals surface area contributed by atoms with Gasteiger partial charge in [-0.2, -0.15) is 0 Å². The maximum Gasteiger partial charge on any atom is 0.394 e. The number of carbonyl (C=O) groups excluding carboxylic acids is 9. The maximum absolute atomic E-state index is 12.9.